The highest BCUT2D eigenvalue weighted by Crippen LogP contribution is 2.05. The van der Waals surface area contributed by atoms with E-state index in [0.29, 0.717) is 18.7 Å². The zero-order valence-corrected chi connectivity index (χ0v) is 13.2. The molecule has 2 rings (SSSR count). The van der Waals surface area contributed by atoms with Gasteiger partial charge in [0.1, 0.15) is 0 Å². The van der Waals surface area contributed by atoms with Crippen LogP contribution in [0.2, 0.25) is 0 Å². The van der Waals surface area contributed by atoms with Crippen molar-refractivity contribution in [1.29, 1.82) is 0 Å². The number of rotatable bonds is 9. The molecule has 124 valence electrons. The zero-order chi connectivity index (χ0) is 16.7. The van der Waals surface area contributed by atoms with E-state index in [1.165, 1.54) is 4.52 Å². The minimum absolute atomic E-state index is 0.119. The molecule has 2 aromatic rings. The molecule has 8 nitrogen and oxygen atoms in total. The molecule has 0 bridgehead atoms. The lowest BCUT2D eigenvalue weighted by Crippen LogP contribution is -2.25. The highest BCUT2D eigenvalue weighted by Gasteiger charge is 2.13. The standard InChI is InChI=1S/C15H21N5O3/c1-11-8-10-17-15-18-13(19-20(11)15)14(23)16-9-6-4-2-3-5-7-12(21)22/h8,10H,2-7,9H2,1H3,(H,16,23)(H,21,22). The van der Waals surface area contributed by atoms with Crippen molar-refractivity contribution >= 4 is 17.7 Å². The minimum Gasteiger partial charge on any atom is -0.481 e. The maximum atomic E-state index is 12.0. The quantitative estimate of drug-likeness (QED) is 0.679. The Morgan fingerprint density at radius 2 is 1.96 bits per heavy atom. The van der Waals surface area contributed by atoms with Crippen LogP contribution in [0.4, 0.5) is 0 Å². The van der Waals surface area contributed by atoms with Gasteiger partial charge in [0.2, 0.25) is 5.82 Å². The van der Waals surface area contributed by atoms with Crippen molar-refractivity contribution in [3.8, 4) is 0 Å². The first-order valence-electron chi connectivity index (χ1n) is 7.76. The second-order valence-electron chi connectivity index (χ2n) is 5.40. The van der Waals surface area contributed by atoms with Crippen LogP contribution in [-0.2, 0) is 4.79 Å². The Balaban J connectivity index is 1.68. The van der Waals surface area contributed by atoms with E-state index in [1.54, 1.807) is 12.3 Å². The topological polar surface area (TPSA) is 109 Å². The Labute approximate surface area is 133 Å². The van der Waals surface area contributed by atoms with Gasteiger partial charge in [0.05, 0.1) is 0 Å². The molecule has 0 spiro atoms. The average Bonchev–Trinajstić information content (AvgIpc) is 2.95. The smallest absolute Gasteiger partial charge is 0.303 e. The molecule has 0 atom stereocenters. The molecule has 0 aliphatic carbocycles. The maximum Gasteiger partial charge on any atom is 0.303 e. The van der Waals surface area contributed by atoms with Crippen LogP contribution in [0, 0.1) is 6.92 Å². The summed E-state index contributed by atoms with van der Waals surface area (Å²) in [6.45, 7) is 2.43. The third kappa shape index (κ3) is 5.01. The van der Waals surface area contributed by atoms with Gasteiger partial charge in [0, 0.05) is 24.9 Å². The molecule has 2 aromatic heterocycles. The zero-order valence-electron chi connectivity index (χ0n) is 13.2. The van der Waals surface area contributed by atoms with Gasteiger partial charge in [0.25, 0.3) is 11.7 Å². The van der Waals surface area contributed by atoms with Gasteiger partial charge in [0.15, 0.2) is 0 Å². The summed E-state index contributed by atoms with van der Waals surface area (Å²) in [5.74, 6) is -0.524. The van der Waals surface area contributed by atoms with Crippen molar-refractivity contribution < 1.29 is 14.7 Å². The van der Waals surface area contributed by atoms with E-state index in [1.807, 2.05) is 6.92 Å². The molecule has 0 saturated heterocycles. The van der Waals surface area contributed by atoms with Crippen molar-refractivity contribution in [3.05, 3.63) is 23.8 Å². The van der Waals surface area contributed by atoms with Crippen LogP contribution in [-0.4, -0.2) is 43.1 Å². The number of carbonyl (C=O) groups excluding carboxylic acids is 1. The number of unbranched alkanes of at least 4 members (excludes halogenated alkanes) is 4. The van der Waals surface area contributed by atoms with Crippen LogP contribution < -0.4 is 5.32 Å². The van der Waals surface area contributed by atoms with Crippen LogP contribution in [0.25, 0.3) is 5.78 Å². The van der Waals surface area contributed by atoms with Gasteiger partial charge in [-0.05, 0) is 25.8 Å². The SMILES string of the molecule is Cc1ccnc2nc(C(=O)NCCCCCCCC(=O)O)nn12. The molecule has 0 radical (unpaired) electrons. The fraction of sp³-hybridized carbons (Fsp3) is 0.533. The Kier molecular flexibility index (Phi) is 6.02. The summed E-state index contributed by atoms with van der Waals surface area (Å²) in [7, 11) is 0. The van der Waals surface area contributed by atoms with Gasteiger partial charge in [-0.15, -0.1) is 5.10 Å². The summed E-state index contributed by atoms with van der Waals surface area (Å²) in [4.78, 5) is 30.5. The number of nitrogens with zero attached hydrogens (tertiary/aromatic N) is 4. The number of fused-ring (bicyclic) bond motifs is 1. The molecule has 0 fully saturated rings. The fourth-order valence-corrected chi connectivity index (χ4v) is 2.22. The largest absolute Gasteiger partial charge is 0.481 e. The molecule has 0 aliphatic rings. The predicted molar refractivity (Wildman–Crippen MR) is 83.2 cm³/mol. The number of hydrogen-bond donors (Lipinski definition) is 2. The van der Waals surface area contributed by atoms with E-state index >= 15 is 0 Å². The number of nitrogens with one attached hydrogen (secondary N) is 1. The first-order chi connectivity index (χ1) is 11.1. The Morgan fingerprint density at radius 1 is 1.22 bits per heavy atom. The second-order valence-corrected chi connectivity index (χ2v) is 5.40. The van der Waals surface area contributed by atoms with E-state index in [4.69, 9.17) is 5.11 Å². The van der Waals surface area contributed by atoms with Gasteiger partial charge in [-0.25, -0.2) is 9.50 Å². The first kappa shape index (κ1) is 16.9. The van der Waals surface area contributed by atoms with E-state index in [9.17, 15) is 9.59 Å². The number of aromatic nitrogens is 4. The first-order valence-corrected chi connectivity index (χ1v) is 7.76. The molecule has 2 N–H and O–H groups in total. The van der Waals surface area contributed by atoms with E-state index in [2.05, 4.69) is 20.4 Å². The Bertz CT molecular complexity index is 683. The van der Waals surface area contributed by atoms with Crippen LogP contribution in [0.1, 0.15) is 54.8 Å². The molecule has 0 aliphatic heterocycles. The molecule has 0 unspecified atom stereocenters. The summed E-state index contributed by atoms with van der Waals surface area (Å²) in [6, 6.07) is 1.80. The highest BCUT2D eigenvalue weighted by molar-refractivity contribution is 5.90. The number of carboxylic acids is 1. The summed E-state index contributed by atoms with van der Waals surface area (Å²) >= 11 is 0. The third-order valence-corrected chi connectivity index (χ3v) is 3.49. The molecule has 2 heterocycles. The van der Waals surface area contributed by atoms with E-state index < -0.39 is 5.97 Å². The molecular formula is C15H21N5O3. The molecule has 23 heavy (non-hydrogen) atoms. The fourth-order valence-electron chi connectivity index (χ4n) is 2.22. The normalized spacial score (nSPS) is 10.8. The lowest BCUT2D eigenvalue weighted by molar-refractivity contribution is -0.137. The third-order valence-electron chi connectivity index (χ3n) is 3.49. The highest BCUT2D eigenvalue weighted by atomic mass is 16.4. The monoisotopic (exact) mass is 319 g/mol. The summed E-state index contributed by atoms with van der Waals surface area (Å²) in [5, 5.41) is 15.5. The van der Waals surface area contributed by atoms with Gasteiger partial charge in [-0.3, -0.25) is 9.59 Å². The lowest BCUT2D eigenvalue weighted by Gasteiger charge is -2.02. The van der Waals surface area contributed by atoms with Crippen LogP contribution >= 0.6 is 0 Å². The van der Waals surface area contributed by atoms with Crippen molar-refractivity contribution in [3.63, 3.8) is 0 Å². The molecule has 0 aromatic carbocycles. The van der Waals surface area contributed by atoms with Crippen molar-refractivity contribution in [2.45, 2.75) is 45.4 Å². The maximum absolute atomic E-state index is 12.0. The van der Waals surface area contributed by atoms with Crippen molar-refractivity contribution in [2.75, 3.05) is 6.54 Å². The minimum atomic E-state index is -0.748. The van der Waals surface area contributed by atoms with Crippen molar-refractivity contribution in [2.24, 2.45) is 0 Å². The number of aryl methyl sites for hydroxylation is 1. The Morgan fingerprint density at radius 3 is 2.70 bits per heavy atom. The van der Waals surface area contributed by atoms with Crippen LogP contribution in [0.5, 0.6) is 0 Å². The number of aliphatic carboxylic acids is 1. The lowest BCUT2D eigenvalue weighted by atomic mass is 10.1. The molecule has 8 heteroatoms. The molecule has 1 amide bonds. The van der Waals surface area contributed by atoms with Gasteiger partial charge in [-0.2, -0.15) is 4.98 Å². The van der Waals surface area contributed by atoms with Gasteiger partial charge >= 0.3 is 5.97 Å². The molecule has 0 saturated carbocycles. The van der Waals surface area contributed by atoms with E-state index in [-0.39, 0.29) is 18.2 Å². The van der Waals surface area contributed by atoms with Crippen LogP contribution in [0.3, 0.4) is 0 Å². The number of hydrogen-bond acceptors (Lipinski definition) is 5. The number of carboxylic acid groups (broad SMARTS) is 1. The Hall–Kier alpha value is -2.51. The van der Waals surface area contributed by atoms with Gasteiger partial charge in [-0.1, -0.05) is 19.3 Å². The van der Waals surface area contributed by atoms with Crippen molar-refractivity contribution in [1.82, 2.24) is 24.9 Å². The van der Waals surface area contributed by atoms with Gasteiger partial charge < -0.3 is 10.4 Å². The summed E-state index contributed by atoms with van der Waals surface area (Å²) in [5.41, 5.74) is 0.864. The summed E-state index contributed by atoms with van der Waals surface area (Å²) < 4.78 is 1.54. The predicted octanol–water partition coefficient (Wildman–Crippen LogP) is 1.59. The number of amides is 1. The molecular weight excluding hydrogens is 298 g/mol. The second kappa shape index (κ2) is 8.21. The number of carbonyl (C=O) groups is 2. The summed E-state index contributed by atoms with van der Waals surface area (Å²) in [6.07, 6.45) is 6.25. The average molecular weight is 319 g/mol. The van der Waals surface area contributed by atoms with Crippen LogP contribution in [0.15, 0.2) is 12.3 Å². The van der Waals surface area contributed by atoms with E-state index in [0.717, 1.165) is 31.4 Å².